The lowest BCUT2D eigenvalue weighted by Gasteiger charge is -2.42. The molecular formula is C14H16N4O2. The van der Waals surface area contributed by atoms with Crippen LogP contribution in [0.1, 0.15) is 32.2 Å². The Morgan fingerprint density at radius 1 is 1.25 bits per heavy atom. The van der Waals surface area contributed by atoms with Gasteiger partial charge < -0.3 is 9.47 Å². The first kappa shape index (κ1) is 11.8. The fraction of sp³-hybridized carbons (Fsp3) is 0.500. The summed E-state index contributed by atoms with van der Waals surface area (Å²) in [4.78, 5) is 0. The average molecular weight is 272 g/mol. The van der Waals surface area contributed by atoms with Crippen LogP contribution in [-0.4, -0.2) is 33.4 Å². The van der Waals surface area contributed by atoms with E-state index in [0.717, 1.165) is 17.3 Å². The zero-order valence-electron chi connectivity index (χ0n) is 11.8. The van der Waals surface area contributed by atoms with Gasteiger partial charge in [-0.05, 0) is 33.5 Å². The maximum atomic E-state index is 6.12. The number of ether oxygens (including phenoxy) is 2. The number of hydrogen-bond donors (Lipinski definition) is 0. The van der Waals surface area contributed by atoms with Crippen molar-refractivity contribution in [1.29, 1.82) is 0 Å². The monoisotopic (exact) mass is 272 g/mol. The van der Waals surface area contributed by atoms with E-state index in [1.54, 1.807) is 4.68 Å². The first-order chi connectivity index (χ1) is 9.50. The summed E-state index contributed by atoms with van der Waals surface area (Å²) in [6.45, 7) is 7.53. The number of nitrogens with zero attached hydrogens (tertiary/aromatic N) is 4. The molecule has 1 aromatic carbocycles. The second kappa shape index (κ2) is 3.58. The van der Waals surface area contributed by atoms with Gasteiger partial charge >= 0.3 is 0 Å². The third kappa shape index (κ3) is 1.45. The number of hydrogen-bond acceptors (Lipinski definition) is 5. The Hall–Kier alpha value is -1.95. The third-order valence-corrected chi connectivity index (χ3v) is 3.91. The van der Waals surface area contributed by atoms with Gasteiger partial charge in [-0.25, -0.2) is 0 Å². The third-order valence-electron chi connectivity index (χ3n) is 3.91. The highest BCUT2D eigenvalue weighted by atomic mass is 16.6. The molecule has 1 fully saturated rings. The summed E-state index contributed by atoms with van der Waals surface area (Å²) in [5, 5.41) is 12.0. The number of tetrazole rings is 1. The molecule has 1 aromatic heterocycles. The lowest BCUT2D eigenvalue weighted by atomic mass is 9.86. The Bertz CT molecular complexity index is 683. The Balaban J connectivity index is 1.90. The highest BCUT2D eigenvalue weighted by Gasteiger charge is 2.51. The molecule has 2 aliphatic heterocycles. The lowest BCUT2D eigenvalue weighted by Crippen LogP contribution is -2.54. The van der Waals surface area contributed by atoms with E-state index in [1.807, 2.05) is 6.07 Å². The van der Waals surface area contributed by atoms with Crippen molar-refractivity contribution in [2.45, 2.75) is 31.8 Å². The van der Waals surface area contributed by atoms with Crippen molar-refractivity contribution < 1.29 is 9.47 Å². The molecule has 104 valence electrons. The zero-order chi connectivity index (χ0) is 14.0. The molecule has 6 heteroatoms. The zero-order valence-corrected chi connectivity index (χ0v) is 11.8. The summed E-state index contributed by atoms with van der Waals surface area (Å²) < 4.78 is 13.2. The van der Waals surface area contributed by atoms with Crippen molar-refractivity contribution in [3.63, 3.8) is 0 Å². The van der Waals surface area contributed by atoms with Gasteiger partial charge in [0.05, 0.1) is 13.2 Å². The van der Waals surface area contributed by atoms with E-state index in [4.69, 9.17) is 9.47 Å². The molecule has 3 heterocycles. The van der Waals surface area contributed by atoms with Crippen molar-refractivity contribution >= 4 is 0 Å². The van der Waals surface area contributed by atoms with E-state index < -0.39 is 5.60 Å². The van der Waals surface area contributed by atoms with E-state index in [-0.39, 0.29) is 5.41 Å². The quantitative estimate of drug-likeness (QED) is 0.728. The summed E-state index contributed by atoms with van der Waals surface area (Å²) in [5.41, 5.74) is 1.68. The minimum absolute atomic E-state index is 0.0674. The highest BCUT2D eigenvalue weighted by molar-refractivity contribution is 5.53. The number of benzene rings is 1. The lowest BCUT2D eigenvalue weighted by molar-refractivity contribution is -0.176. The molecule has 1 saturated heterocycles. The van der Waals surface area contributed by atoms with Crippen LogP contribution in [0.2, 0.25) is 0 Å². The van der Waals surface area contributed by atoms with E-state index in [1.165, 1.54) is 5.56 Å². The minimum Gasteiger partial charge on any atom is -0.472 e. The van der Waals surface area contributed by atoms with Crippen LogP contribution in [0.25, 0.3) is 5.69 Å². The maximum Gasteiger partial charge on any atom is 0.216 e. The Morgan fingerprint density at radius 3 is 2.70 bits per heavy atom. The van der Waals surface area contributed by atoms with Crippen molar-refractivity contribution in [3.8, 4) is 11.4 Å². The van der Waals surface area contributed by atoms with Crippen LogP contribution in [0.5, 0.6) is 5.75 Å². The molecule has 0 bridgehead atoms. The minimum atomic E-state index is -0.514. The van der Waals surface area contributed by atoms with Crippen LogP contribution < -0.4 is 4.74 Å². The van der Waals surface area contributed by atoms with Crippen molar-refractivity contribution in [1.82, 2.24) is 20.2 Å². The second-order valence-corrected chi connectivity index (χ2v) is 6.44. The molecule has 20 heavy (non-hydrogen) atoms. The van der Waals surface area contributed by atoms with E-state index in [9.17, 15) is 0 Å². The predicted octanol–water partition coefficient (Wildman–Crippen LogP) is 1.58. The number of aromatic nitrogens is 4. The van der Waals surface area contributed by atoms with Crippen LogP contribution in [-0.2, 0) is 15.8 Å². The molecule has 2 aliphatic rings. The normalized spacial score (nSPS) is 18.9. The molecule has 6 nitrogen and oxygen atoms in total. The van der Waals surface area contributed by atoms with Gasteiger partial charge in [0.2, 0.25) is 11.4 Å². The summed E-state index contributed by atoms with van der Waals surface area (Å²) in [6.07, 6.45) is 0. The van der Waals surface area contributed by atoms with Gasteiger partial charge in [0.25, 0.3) is 0 Å². The second-order valence-electron chi connectivity index (χ2n) is 6.44. The first-order valence-corrected chi connectivity index (χ1v) is 6.70. The van der Waals surface area contributed by atoms with Gasteiger partial charge in [-0.1, -0.05) is 26.8 Å². The molecule has 2 aromatic rings. The Kier molecular flexibility index (Phi) is 2.12. The maximum absolute atomic E-state index is 6.12. The standard InChI is InChI=1S/C14H16N4O2/c1-13(2,3)9-4-5-11-10(6-9)18-12(15-16-17-18)14(20-11)7-19-8-14/h4-6H,7-8H2,1-3H3. The molecule has 0 radical (unpaired) electrons. The van der Waals surface area contributed by atoms with Crippen LogP contribution in [0.3, 0.4) is 0 Å². The fourth-order valence-corrected chi connectivity index (χ4v) is 2.60. The SMILES string of the molecule is CC(C)(C)c1ccc2c(c1)-n1nnnc1C1(COC1)O2. The predicted molar refractivity (Wildman–Crippen MR) is 71.0 cm³/mol. The van der Waals surface area contributed by atoms with Gasteiger partial charge in [0.1, 0.15) is 11.4 Å². The van der Waals surface area contributed by atoms with Crippen LogP contribution in [0, 0.1) is 0 Å². The molecule has 0 amide bonds. The summed E-state index contributed by atoms with van der Waals surface area (Å²) in [6, 6.07) is 6.20. The first-order valence-electron chi connectivity index (χ1n) is 6.70. The molecule has 0 N–H and O–H groups in total. The van der Waals surface area contributed by atoms with Gasteiger partial charge in [-0.2, -0.15) is 4.68 Å². The Morgan fingerprint density at radius 2 is 2.05 bits per heavy atom. The summed E-state index contributed by atoms with van der Waals surface area (Å²) in [7, 11) is 0. The van der Waals surface area contributed by atoms with Crippen molar-refractivity contribution in [2.75, 3.05) is 13.2 Å². The fourth-order valence-electron chi connectivity index (χ4n) is 2.60. The number of fused-ring (bicyclic) bond motifs is 4. The Labute approximate surface area is 116 Å². The molecule has 0 saturated carbocycles. The summed E-state index contributed by atoms with van der Waals surface area (Å²) >= 11 is 0. The van der Waals surface area contributed by atoms with Crippen LogP contribution >= 0.6 is 0 Å². The van der Waals surface area contributed by atoms with Gasteiger partial charge in [-0.15, -0.1) is 5.10 Å². The van der Waals surface area contributed by atoms with Gasteiger partial charge in [-0.3, -0.25) is 0 Å². The van der Waals surface area contributed by atoms with Crippen LogP contribution in [0.15, 0.2) is 18.2 Å². The van der Waals surface area contributed by atoms with E-state index >= 15 is 0 Å². The average Bonchev–Trinajstić information content (AvgIpc) is 2.83. The molecule has 1 spiro atoms. The molecular weight excluding hydrogens is 256 g/mol. The van der Waals surface area contributed by atoms with Crippen LogP contribution in [0.4, 0.5) is 0 Å². The van der Waals surface area contributed by atoms with E-state index in [2.05, 4.69) is 48.4 Å². The van der Waals surface area contributed by atoms with Gasteiger partial charge in [0, 0.05) is 0 Å². The molecule has 4 rings (SSSR count). The van der Waals surface area contributed by atoms with Crippen molar-refractivity contribution in [3.05, 3.63) is 29.6 Å². The smallest absolute Gasteiger partial charge is 0.216 e. The van der Waals surface area contributed by atoms with Gasteiger partial charge in [0.15, 0.2) is 0 Å². The molecule has 0 aliphatic carbocycles. The molecule has 0 atom stereocenters. The topological polar surface area (TPSA) is 62.1 Å². The van der Waals surface area contributed by atoms with E-state index in [0.29, 0.717) is 13.2 Å². The highest BCUT2D eigenvalue weighted by Crippen LogP contribution is 2.42. The largest absolute Gasteiger partial charge is 0.472 e. The number of rotatable bonds is 0. The van der Waals surface area contributed by atoms with Crippen molar-refractivity contribution in [2.24, 2.45) is 0 Å². The summed E-state index contributed by atoms with van der Waals surface area (Å²) in [5.74, 6) is 1.53. The molecule has 0 unspecified atom stereocenters.